The highest BCUT2D eigenvalue weighted by atomic mass is 16.6. The van der Waals surface area contributed by atoms with Gasteiger partial charge >= 0.3 is 5.69 Å². The number of nitrogens with zero attached hydrogens (tertiary/aromatic N) is 2. The molecule has 0 bridgehead atoms. The van der Waals surface area contributed by atoms with Gasteiger partial charge in [0.15, 0.2) is 0 Å². The Morgan fingerprint density at radius 2 is 2.47 bits per heavy atom. The van der Waals surface area contributed by atoms with Crippen molar-refractivity contribution in [3.63, 3.8) is 0 Å². The highest BCUT2D eigenvalue weighted by Crippen LogP contribution is 2.30. The molecule has 0 spiro atoms. The van der Waals surface area contributed by atoms with Gasteiger partial charge in [-0.15, -0.1) is 0 Å². The molecule has 7 nitrogen and oxygen atoms in total. The molecule has 0 radical (unpaired) electrons. The number of anilines is 1. The summed E-state index contributed by atoms with van der Waals surface area (Å²) in [5.41, 5.74) is -0.390. The third-order valence-corrected chi connectivity index (χ3v) is 3.21. The molecule has 1 aromatic rings. The van der Waals surface area contributed by atoms with E-state index in [4.69, 9.17) is 9.47 Å². The van der Waals surface area contributed by atoms with Crippen LogP contribution >= 0.6 is 0 Å². The van der Waals surface area contributed by atoms with Crippen molar-refractivity contribution in [3.05, 3.63) is 22.7 Å². The summed E-state index contributed by atoms with van der Waals surface area (Å²) in [6, 6.07) is 1.69. The van der Waals surface area contributed by atoms with Crippen molar-refractivity contribution in [2.45, 2.75) is 31.3 Å². The SMILES string of the molecule is CNc1ccn(C2CC(OC)C(CC=O)O2)c(=O)n1. The van der Waals surface area contributed by atoms with Crippen LogP contribution in [0.3, 0.4) is 0 Å². The van der Waals surface area contributed by atoms with Crippen LogP contribution in [0.1, 0.15) is 19.1 Å². The van der Waals surface area contributed by atoms with E-state index in [0.29, 0.717) is 12.2 Å². The molecular weight excluding hydrogens is 250 g/mol. The Morgan fingerprint density at radius 1 is 1.68 bits per heavy atom. The third-order valence-electron chi connectivity index (χ3n) is 3.21. The van der Waals surface area contributed by atoms with Crippen LogP contribution in [-0.4, -0.2) is 42.2 Å². The van der Waals surface area contributed by atoms with Gasteiger partial charge in [-0.1, -0.05) is 0 Å². The van der Waals surface area contributed by atoms with E-state index in [1.165, 1.54) is 4.57 Å². The number of ether oxygens (including phenoxy) is 2. The maximum Gasteiger partial charge on any atom is 0.351 e. The fraction of sp³-hybridized carbons (Fsp3) is 0.583. The van der Waals surface area contributed by atoms with Crippen LogP contribution in [0.2, 0.25) is 0 Å². The van der Waals surface area contributed by atoms with Crippen molar-refractivity contribution in [2.24, 2.45) is 0 Å². The number of aldehydes is 1. The molecule has 0 amide bonds. The zero-order valence-corrected chi connectivity index (χ0v) is 10.9. The molecule has 7 heteroatoms. The topological polar surface area (TPSA) is 82.5 Å². The van der Waals surface area contributed by atoms with Gasteiger partial charge in [-0.05, 0) is 6.07 Å². The highest BCUT2D eigenvalue weighted by molar-refractivity contribution is 5.50. The van der Waals surface area contributed by atoms with Gasteiger partial charge in [0, 0.05) is 33.2 Å². The number of aromatic nitrogens is 2. The van der Waals surface area contributed by atoms with E-state index in [2.05, 4.69) is 10.3 Å². The molecule has 1 aliphatic rings. The molecule has 0 saturated carbocycles. The van der Waals surface area contributed by atoms with E-state index in [1.807, 2.05) is 0 Å². The molecule has 104 valence electrons. The summed E-state index contributed by atoms with van der Waals surface area (Å²) >= 11 is 0. The first-order valence-electron chi connectivity index (χ1n) is 6.08. The molecule has 3 unspecified atom stereocenters. The van der Waals surface area contributed by atoms with Crippen LogP contribution in [0.4, 0.5) is 5.82 Å². The molecule has 1 fully saturated rings. The highest BCUT2D eigenvalue weighted by Gasteiger charge is 2.36. The van der Waals surface area contributed by atoms with Crippen molar-refractivity contribution >= 4 is 12.1 Å². The minimum atomic E-state index is -0.444. The van der Waals surface area contributed by atoms with Crippen LogP contribution in [0, 0.1) is 0 Å². The number of hydrogen-bond acceptors (Lipinski definition) is 6. The van der Waals surface area contributed by atoms with E-state index in [0.717, 1.165) is 6.29 Å². The number of methoxy groups -OCH3 is 1. The number of carbonyl (C=O) groups is 1. The largest absolute Gasteiger partial charge is 0.379 e. The first-order chi connectivity index (χ1) is 9.19. The maximum absolute atomic E-state index is 11.9. The molecule has 1 N–H and O–H groups in total. The zero-order valence-electron chi connectivity index (χ0n) is 10.9. The van der Waals surface area contributed by atoms with Gasteiger partial charge in [-0.25, -0.2) is 4.79 Å². The number of hydrogen-bond donors (Lipinski definition) is 1. The average Bonchev–Trinajstić information content (AvgIpc) is 2.82. The van der Waals surface area contributed by atoms with Gasteiger partial charge < -0.3 is 19.6 Å². The Morgan fingerprint density at radius 3 is 3.05 bits per heavy atom. The second-order valence-electron chi connectivity index (χ2n) is 4.29. The normalized spacial score (nSPS) is 26.3. The lowest BCUT2D eigenvalue weighted by atomic mass is 10.1. The summed E-state index contributed by atoms with van der Waals surface area (Å²) in [6.45, 7) is 0. The van der Waals surface area contributed by atoms with Gasteiger partial charge in [-0.3, -0.25) is 4.57 Å². The smallest absolute Gasteiger partial charge is 0.351 e. The number of nitrogens with one attached hydrogen (secondary N) is 1. The Balaban J connectivity index is 2.19. The third kappa shape index (κ3) is 2.82. The van der Waals surface area contributed by atoms with Gasteiger partial charge in [0.2, 0.25) is 0 Å². The van der Waals surface area contributed by atoms with Crippen molar-refractivity contribution in [1.29, 1.82) is 0 Å². The quantitative estimate of drug-likeness (QED) is 0.766. The molecule has 1 aliphatic heterocycles. The maximum atomic E-state index is 11.9. The van der Waals surface area contributed by atoms with E-state index >= 15 is 0 Å². The molecule has 0 aliphatic carbocycles. The van der Waals surface area contributed by atoms with Crippen LogP contribution in [-0.2, 0) is 14.3 Å². The summed E-state index contributed by atoms with van der Waals surface area (Å²) in [6.07, 6.45) is 2.25. The first-order valence-corrected chi connectivity index (χ1v) is 6.08. The standard InChI is InChI=1S/C12H17N3O4/c1-13-10-3-5-15(12(17)14-10)11-7-9(18-2)8(19-11)4-6-16/h3,5-6,8-9,11H,4,7H2,1-2H3,(H,13,14,17). The van der Waals surface area contributed by atoms with Crippen LogP contribution < -0.4 is 11.0 Å². The fourth-order valence-corrected chi connectivity index (χ4v) is 2.20. The lowest BCUT2D eigenvalue weighted by Gasteiger charge is -2.14. The van der Waals surface area contributed by atoms with Crippen LogP contribution in [0.25, 0.3) is 0 Å². The lowest BCUT2D eigenvalue weighted by molar-refractivity contribution is -0.112. The average molecular weight is 267 g/mol. The molecule has 1 saturated heterocycles. The predicted octanol–water partition coefficient (Wildman–Crippen LogP) is 0.176. The summed E-state index contributed by atoms with van der Waals surface area (Å²) in [4.78, 5) is 26.3. The summed E-state index contributed by atoms with van der Waals surface area (Å²) in [5, 5.41) is 2.80. The Hall–Kier alpha value is -1.73. The van der Waals surface area contributed by atoms with Gasteiger partial charge in [-0.2, -0.15) is 4.98 Å². The van der Waals surface area contributed by atoms with Crippen LogP contribution in [0.5, 0.6) is 0 Å². The number of carbonyl (C=O) groups excluding carboxylic acids is 1. The van der Waals surface area contributed by atoms with Gasteiger partial charge in [0.1, 0.15) is 18.3 Å². The minimum Gasteiger partial charge on any atom is -0.379 e. The van der Waals surface area contributed by atoms with E-state index in [-0.39, 0.29) is 18.6 Å². The lowest BCUT2D eigenvalue weighted by Crippen LogP contribution is -2.27. The second-order valence-corrected chi connectivity index (χ2v) is 4.29. The molecule has 3 atom stereocenters. The van der Waals surface area contributed by atoms with Crippen LogP contribution in [0.15, 0.2) is 17.1 Å². The van der Waals surface area contributed by atoms with Gasteiger partial charge in [0.25, 0.3) is 0 Å². The van der Waals surface area contributed by atoms with Gasteiger partial charge in [0.05, 0.1) is 12.2 Å². The summed E-state index contributed by atoms with van der Waals surface area (Å²) in [7, 11) is 3.26. The summed E-state index contributed by atoms with van der Waals surface area (Å²) < 4.78 is 12.4. The van der Waals surface area contributed by atoms with Crippen molar-refractivity contribution in [2.75, 3.05) is 19.5 Å². The van der Waals surface area contributed by atoms with E-state index in [9.17, 15) is 9.59 Å². The molecule has 2 heterocycles. The molecule has 19 heavy (non-hydrogen) atoms. The Bertz CT molecular complexity index is 502. The minimum absolute atomic E-state index is 0.189. The molecular formula is C12H17N3O4. The first kappa shape index (κ1) is 13.7. The molecule has 1 aromatic heterocycles. The number of rotatable bonds is 5. The van der Waals surface area contributed by atoms with Crippen molar-refractivity contribution in [3.8, 4) is 0 Å². The van der Waals surface area contributed by atoms with E-state index < -0.39 is 11.9 Å². The summed E-state index contributed by atoms with van der Waals surface area (Å²) in [5.74, 6) is 0.506. The Labute approximate surface area is 110 Å². The zero-order chi connectivity index (χ0) is 13.8. The monoisotopic (exact) mass is 267 g/mol. The van der Waals surface area contributed by atoms with E-state index in [1.54, 1.807) is 26.4 Å². The second kappa shape index (κ2) is 5.94. The Kier molecular flexibility index (Phi) is 4.28. The molecule has 0 aromatic carbocycles. The predicted molar refractivity (Wildman–Crippen MR) is 68.0 cm³/mol. The molecule has 2 rings (SSSR count). The van der Waals surface area contributed by atoms with Crippen molar-refractivity contribution in [1.82, 2.24) is 9.55 Å². The van der Waals surface area contributed by atoms with Crippen molar-refractivity contribution < 1.29 is 14.3 Å². The fourth-order valence-electron chi connectivity index (χ4n) is 2.20.